The van der Waals surface area contributed by atoms with Gasteiger partial charge in [-0.15, -0.1) is 0 Å². The lowest BCUT2D eigenvalue weighted by Gasteiger charge is -2.39. The molecule has 1 unspecified atom stereocenters. The van der Waals surface area contributed by atoms with Crippen molar-refractivity contribution in [3.63, 3.8) is 0 Å². The molecule has 2 saturated carbocycles. The van der Waals surface area contributed by atoms with Crippen LogP contribution >= 0.6 is 0 Å². The zero-order valence-corrected chi connectivity index (χ0v) is 19.2. The number of nitrogens with one attached hydrogen (secondary N) is 1. The quantitative estimate of drug-likeness (QED) is 0.537. The number of nitrogens with zero attached hydrogens (tertiary/aromatic N) is 5. The first kappa shape index (κ1) is 20.9. The van der Waals surface area contributed by atoms with E-state index in [1.165, 1.54) is 32.1 Å². The summed E-state index contributed by atoms with van der Waals surface area (Å²) in [5, 5.41) is 11.7. The van der Waals surface area contributed by atoms with Crippen molar-refractivity contribution in [2.45, 2.75) is 44.1 Å². The molecule has 2 aliphatic carbocycles. The summed E-state index contributed by atoms with van der Waals surface area (Å²) < 4.78 is 0.620. The smallest absolute Gasteiger partial charge is 0.274 e. The highest BCUT2D eigenvalue weighted by atomic mass is 16.1. The van der Waals surface area contributed by atoms with Crippen LogP contribution in [0.25, 0.3) is 11.1 Å². The molecule has 1 atom stereocenters. The van der Waals surface area contributed by atoms with Gasteiger partial charge in [0.05, 0.1) is 12.6 Å². The maximum atomic E-state index is 13.0. The molecule has 0 spiro atoms. The van der Waals surface area contributed by atoms with Gasteiger partial charge in [0, 0.05) is 48.1 Å². The number of amides is 1. The summed E-state index contributed by atoms with van der Waals surface area (Å²) in [7, 11) is 2.16. The molecule has 34 heavy (non-hydrogen) atoms. The second-order valence-corrected chi connectivity index (χ2v) is 9.60. The number of aromatic nitrogens is 2. The van der Waals surface area contributed by atoms with Crippen molar-refractivity contribution in [2.24, 2.45) is 10.2 Å². The van der Waals surface area contributed by atoms with E-state index in [0.717, 1.165) is 28.2 Å². The number of amidine groups is 1. The third-order valence-electron chi connectivity index (χ3n) is 7.22. The molecule has 0 radical (unpaired) electrons. The van der Waals surface area contributed by atoms with Gasteiger partial charge in [0.15, 0.2) is 0 Å². The molecule has 0 bridgehead atoms. The number of anilines is 1. The third-order valence-corrected chi connectivity index (χ3v) is 7.22. The Morgan fingerprint density at radius 1 is 0.971 bits per heavy atom. The van der Waals surface area contributed by atoms with Gasteiger partial charge >= 0.3 is 0 Å². The lowest BCUT2D eigenvalue weighted by Crippen LogP contribution is -2.56. The van der Waals surface area contributed by atoms with Crippen LogP contribution in [0.2, 0.25) is 0 Å². The minimum Gasteiger partial charge on any atom is -0.321 e. The summed E-state index contributed by atoms with van der Waals surface area (Å²) in [4.78, 5) is 21.9. The first-order valence-electron chi connectivity index (χ1n) is 11.9. The van der Waals surface area contributed by atoms with Gasteiger partial charge in [0.25, 0.3) is 11.7 Å². The fourth-order valence-electron chi connectivity index (χ4n) is 4.73. The fourth-order valence-corrected chi connectivity index (χ4v) is 4.73. The number of benzene rings is 1. The summed E-state index contributed by atoms with van der Waals surface area (Å²) in [6.45, 7) is 0. The summed E-state index contributed by atoms with van der Waals surface area (Å²) in [5.41, 5.74) is 5.10. The molecule has 3 aliphatic rings. The maximum Gasteiger partial charge on any atom is 0.274 e. The van der Waals surface area contributed by atoms with E-state index in [9.17, 15) is 4.79 Å². The van der Waals surface area contributed by atoms with E-state index in [4.69, 9.17) is 0 Å². The number of pyridine rings is 2. The van der Waals surface area contributed by atoms with Gasteiger partial charge in [0.2, 0.25) is 6.34 Å². The average molecular weight is 452 g/mol. The monoisotopic (exact) mass is 451 g/mol. The number of rotatable bonds is 6. The predicted molar refractivity (Wildman–Crippen MR) is 133 cm³/mol. The number of carbonyl (C=O) groups is 1. The zero-order chi connectivity index (χ0) is 23.1. The Balaban J connectivity index is 1.20. The van der Waals surface area contributed by atoms with E-state index >= 15 is 0 Å². The summed E-state index contributed by atoms with van der Waals surface area (Å²) in [6.07, 6.45) is 11.5. The highest BCUT2D eigenvalue weighted by Crippen LogP contribution is 2.39. The van der Waals surface area contributed by atoms with Crippen LogP contribution < -0.4 is 5.32 Å². The number of hydrogen-bond donors (Lipinski definition) is 1. The topological polar surface area (TPSA) is 79.6 Å². The Morgan fingerprint density at radius 2 is 1.85 bits per heavy atom. The van der Waals surface area contributed by atoms with Gasteiger partial charge in [-0.05, 0) is 61.2 Å². The van der Waals surface area contributed by atoms with Crippen LogP contribution in [0.15, 0.2) is 71.1 Å². The second kappa shape index (κ2) is 8.25. The van der Waals surface area contributed by atoms with Crippen LogP contribution in [0.5, 0.6) is 0 Å². The molecule has 3 heterocycles. The first-order chi connectivity index (χ1) is 16.6. The van der Waals surface area contributed by atoms with Crippen LogP contribution in [-0.4, -0.2) is 45.6 Å². The van der Waals surface area contributed by atoms with Crippen molar-refractivity contribution in [2.75, 3.05) is 12.4 Å². The van der Waals surface area contributed by atoms with Crippen molar-refractivity contribution in [1.29, 1.82) is 0 Å². The van der Waals surface area contributed by atoms with Crippen molar-refractivity contribution in [3.05, 3.63) is 77.9 Å². The fraction of sp³-hybridized carbons (Fsp3) is 0.296. The lowest BCUT2D eigenvalue weighted by atomic mass is 9.89. The normalized spacial score (nSPS) is 21.7. The molecule has 0 saturated heterocycles. The average Bonchev–Trinajstić information content (AvgIpc) is 3.60. The van der Waals surface area contributed by atoms with E-state index < -0.39 is 0 Å². The highest BCUT2D eigenvalue weighted by Gasteiger charge is 2.44. The SMILES string of the molecule is C[N+]1(C2CCC2)C=NN=C1c1cccc(NC(=O)c2cc(-c3ccc(C4CC4)nc3)ccn2)c1. The molecule has 170 valence electrons. The van der Waals surface area contributed by atoms with E-state index in [-0.39, 0.29) is 5.91 Å². The maximum absolute atomic E-state index is 13.0. The van der Waals surface area contributed by atoms with Gasteiger partial charge in [-0.2, -0.15) is 0 Å². The van der Waals surface area contributed by atoms with Crippen LogP contribution in [0.1, 0.15) is 59.8 Å². The van der Waals surface area contributed by atoms with Gasteiger partial charge in [0.1, 0.15) is 11.7 Å². The summed E-state index contributed by atoms with van der Waals surface area (Å²) in [6, 6.07) is 16.2. The second-order valence-electron chi connectivity index (χ2n) is 9.60. The number of hydrogen-bond acceptors (Lipinski definition) is 5. The molecule has 2 aromatic heterocycles. The highest BCUT2D eigenvalue weighted by molar-refractivity contribution is 6.05. The molecule has 3 aromatic rings. The first-order valence-corrected chi connectivity index (χ1v) is 11.9. The molecule has 1 aromatic carbocycles. The Bertz CT molecular complexity index is 1310. The van der Waals surface area contributed by atoms with Crippen LogP contribution in [0.3, 0.4) is 0 Å². The number of carbonyl (C=O) groups excluding carboxylic acids is 1. The summed E-state index contributed by atoms with van der Waals surface area (Å²) >= 11 is 0. The van der Waals surface area contributed by atoms with Crippen LogP contribution in [-0.2, 0) is 0 Å². The molecule has 6 rings (SSSR count). The van der Waals surface area contributed by atoms with Crippen LogP contribution in [0, 0.1) is 0 Å². The van der Waals surface area contributed by atoms with Gasteiger partial charge in [-0.3, -0.25) is 14.8 Å². The predicted octanol–water partition coefficient (Wildman–Crippen LogP) is 4.98. The van der Waals surface area contributed by atoms with E-state index in [1.807, 2.05) is 48.9 Å². The molecule has 1 aliphatic heterocycles. The Morgan fingerprint density at radius 3 is 2.59 bits per heavy atom. The molecule has 7 heteroatoms. The van der Waals surface area contributed by atoms with E-state index in [0.29, 0.717) is 27.8 Å². The molecule has 2 fully saturated rings. The van der Waals surface area contributed by atoms with Crippen molar-refractivity contribution < 1.29 is 9.28 Å². The largest absolute Gasteiger partial charge is 0.321 e. The van der Waals surface area contributed by atoms with E-state index in [2.05, 4.69) is 44.7 Å². The Hall–Kier alpha value is -3.71. The summed E-state index contributed by atoms with van der Waals surface area (Å²) in [5.74, 6) is 1.29. The molecule has 1 amide bonds. The van der Waals surface area contributed by atoms with Gasteiger partial charge in [-0.1, -0.05) is 22.3 Å². The Kier molecular flexibility index (Phi) is 5.07. The van der Waals surface area contributed by atoms with Crippen LogP contribution in [0.4, 0.5) is 5.69 Å². The van der Waals surface area contributed by atoms with Crippen molar-refractivity contribution in [3.8, 4) is 11.1 Å². The standard InChI is InChI=1S/C27H26N6O/c1-33(23-6-3-7-23)17-30-32-26(33)20-4-2-5-22(14-20)31-27(34)25-15-19(12-13-28-25)21-10-11-24(29-16-21)18-8-9-18/h2,4-5,10-18,23H,3,6-9H2,1H3/p+1. The van der Waals surface area contributed by atoms with Crippen molar-refractivity contribution >= 4 is 23.8 Å². The lowest BCUT2D eigenvalue weighted by molar-refractivity contribution is -0.753. The minimum absolute atomic E-state index is 0.248. The molecule has 7 nitrogen and oxygen atoms in total. The van der Waals surface area contributed by atoms with Gasteiger partial charge in [-0.25, -0.2) is 4.48 Å². The molecule has 1 N–H and O–H groups in total. The van der Waals surface area contributed by atoms with E-state index in [1.54, 1.807) is 6.20 Å². The van der Waals surface area contributed by atoms with Gasteiger partial charge < -0.3 is 5.32 Å². The third kappa shape index (κ3) is 3.82. The number of quaternary nitrogens is 1. The Labute approximate surface area is 198 Å². The molecular formula is C27H27N6O+. The minimum atomic E-state index is -0.248. The molecular weight excluding hydrogens is 424 g/mol. The zero-order valence-electron chi connectivity index (χ0n) is 19.2. The van der Waals surface area contributed by atoms with Crippen molar-refractivity contribution in [1.82, 2.24) is 9.97 Å².